The lowest BCUT2D eigenvalue weighted by atomic mass is 10.2. The number of ether oxygens (including phenoxy) is 1. The zero-order chi connectivity index (χ0) is 16.9. The molecule has 5 nitrogen and oxygen atoms in total. The normalized spacial score (nSPS) is 13.0. The number of hydrogen-bond donors (Lipinski definition) is 0. The minimum atomic E-state index is -3.20. The van der Waals surface area contributed by atoms with Gasteiger partial charge in [0.05, 0.1) is 5.75 Å². The maximum atomic E-state index is 12.2. The van der Waals surface area contributed by atoms with E-state index in [0.717, 1.165) is 0 Å². The molecule has 0 bridgehead atoms. The van der Waals surface area contributed by atoms with Crippen molar-refractivity contribution in [2.75, 3.05) is 18.6 Å². The van der Waals surface area contributed by atoms with Crippen molar-refractivity contribution in [1.29, 1.82) is 0 Å². The molecule has 0 spiro atoms. The molecule has 0 N–H and O–H groups in total. The Hall–Kier alpha value is -1.70. The van der Waals surface area contributed by atoms with Crippen LogP contribution in [0.1, 0.15) is 24.2 Å². The topological polar surface area (TPSA) is 63.7 Å². The summed E-state index contributed by atoms with van der Waals surface area (Å²) < 4.78 is 51.5. The Labute approximate surface area is 128 Å². The van der Waals surface area contributed by atoms with Gasteiger partial charge in [-0.25, -0.2) is 8.42 Å². The van der Waals surface area contributed by atoms with Gasteiger partial charge in [-0.3, -0.25) is 4.79 Å². The number of hydrogen-bond acceptors (Lipinski definition) is 4. The van der Waals surface area contributed by atoms with Crippen LogP contribution in [0.5, 0.6) is 5.75 Å². The first-order valence-corrected chi connectivity index (χ1v) is 8.51. The number of carbonyl (C=O) groups excluding carboxylic acids is 1. The van der Waals surface area contributed by atoms with E-state index in [4.69, 9.17) is 0 Å². The SMILES string of the molecule is CCS(=O)(=O)CC(C)N(C)C(=O)c1ccc(OC(F)F)cc1. The highest BCUT2D eigenvalue weighted by atomic mass is 32.2. The van der Waals surface area contributed by atoms with Gasteiger partial charge in [0.2, 0.25) is 0 Å². The summed E-state index contributed by atoms with van der Waals surface area (Å²) in [6.45, 7) is 0.258. The standard InChI is InChI=1S/C14H19F2NO4S/c1-4-22(19,20)9-10(2)17(3)13(18)11-5-7-12(8-6-11)21-14(15)16/h5-8,10,14H,4,9H2,1-3H3. The fourth-order valence-corrected chi connectivity index (χ4v) is 2.97. The average Bonchev–Trinajstić information content (AvgIpc) is 2.45. The van der Waals surface area contributed by atoms with Crippen molar-refractivity contribution < 1.29 is 26.7 Å². The molecule has 22 heavy (non-hydrogen) atoms. The van der Waals surface area contributed by atoms with Crippen LogP contribution in [0.25, 0.3) is 0 Å². The summed E-state index contributed by atoms with van der Waals surface area (Å²) >= 11 is 0. The highest BCUT2D eigenvalue weighted by Gasteiger charge is 2.22. The maximum Gasteiger partial charge on any atom is 0.387 e. The van der Waals surface area contributed by atoms with Gasteiger partial charge in [-0.15, -0.1) is 0 Å². The number of carbonyl (C=O) groups is 1. The molecular formula is C14H19F2NO4S. The van der Waals surface area contributed by atoms with E-state index < -0.39 is 22.5 Å². The van der Waals surface area contributed by atoms with Crippen LogP contribution in [-0.4, -0.2) is 50.4 Å². The second kappa shape index (κ2) is 7.53. The van der Waals surface area contributed by atoms with Gasteiger partial charge in [0.1, 0.15) is 5.75 Å². The summed E-state index contributed by atoms with van der Waals surface area (Å²) in [7, 11) is -1.70. The molecule has 0 saturated carbocycles. The largest absolute Gasteiger partial charge is 0.435 e. The van der Waals surface area contributed by atoms with Crippen molar-refractivity contribution in [3.05, 3.63) is 29.8 Å². The van der Waals surface area contributed by atoms with Crippen LogP contribution in [0, 0.1) is 0 Å². The summed E-state index contributed by atoms with van der Waals surface area (Å²) in [5.74, 6) is -0.546. The number of amides is 1. The Bertz CT molecular complexity index is 602. The Kier molecular flexibility index (Phi) is 6.28. The number of rotatable bonds is 7. The fourth-order valence-electron chi connectivity index (χ4n) is 1.78. The minimum absolute atomic E-state index is 0.0129. The van der Waals surface area contributed by atoms with E-state index in [1.807, 2.05) is 0 Å². The summed E-state index contributed by atoms with van der Waals surface area (Å²) in [4.78, 5) is 13.6. The molecule has 1 aromatic carbocycles. The number of nitrogens with zero attached hydrogens (tertiary/aromatic N) is 1. The molecular weight excluding hydrogens is 316 g/mol. The van der Waals surface area contributed by atoms with E-state index in [0.29, 0.717) is 0 Å². The van der Waals surface area contributed by atoms with Gasteiger partial charge in [-0.2, -0.15) is 8.78 Å². The highest BCUT2D eigenvalue weighted by molar-refractivity contribution is 7.91. The third-order valence-corrected chi connectivity index (χ3v) is 5.11. The third-order valence-electron chi connectivity index (χ3n) is 3.24. The predicted molar refractivity (Wildman–Crippen MR) is 79.0 cm³/mol. The zero-order valence-electron chi connectivity index (χ0n) is 12.6. The molecule has 1 atom stereocenters. The second-order valence-corrected chi connectivity index (χ2v) is 7.26. The minimum Gasteiger partial charge on any atom is -0.435 e. The van der Waals surface area contributed by atoms with E-state index >= 15 is 0 Å². The first-order valence-electron chi connectivity index (χ1n) is 6.68. The molecule has 0 aliphatic rings. The van der Waals surface area contributed by atoms with Gasteiger partial charge in [0.25, 0.3) is 5.91 Å². The lowest BCUT2D eigenvalue weighted by Crippen LogP contribution is -2.39. The van der Waals surface area contributed by atoms with Crippen molar-refractivity contribution >= 4 is 15.7 Å². The summed E-state index contributed by atoms with van der Waals surface area (Å²) in [5.41, 5.74) is 0.268. The molecule has 1 rings (SSSR count). The van der Waals surface area contributed by atoms with Crippen LogP contribution >= 0.6 is 0 Å². The summed E-state index contributed by atoms with van der Waals surface area (Å²) in [6, 6.07) is 4.76. The molecule has 0 aliphatic carbocycles. The monoisotopic (exact) mass is 335 g/mol. The van der Waals surface area contributed by atoms with Gasteiger partial charge < -0.3 is 9.64 Å². The van der Waals surface area contributed by atoms with Crippen LogP contribution in [0.3, 0.4) is 0 Å². The Morgan fingerprint density at radius 2 is 1.82 bits per heavy atom. The Balaban J connectivity index is 2.78. The van der Waals surface area contributed by atoms with Crippen LogP contribution in [0.4, 0.5) is 8.78 Å². The summed E-state index contributed by atoms with van der Waals surface area (Å²) in [5, 5.41) is 0. The van der Waals surface area contributed by atoms with Crippen molar-refractivity contribution in [1.82, 2.24) is 4.90 Å². The van der Waals surface area contributed by atoms with E-state index in [2.05, 4.69) is 4.74 Å². The molecule has 8 heteroatoms. The molecule has 0 radical (unpaired) electrons. The van der Waals surface area contributed by atoms with Crippen molar-refractivity contribution in [3.63, 3.8) is 0 Å². The second-order valence-electron chi connectivity index (χ2n) is 4.87. The van der Waals surface area contributed by atoms with E-state index in [1.54, 1.807) is 13.8 Å². The Morgan fingerprint density at radius 1 is 1.27 bits per heavy atom. The van der Waals surface area contributed by atoms with Gasteiger partial charge >= 0.3 is 6.61 Å². The van der Waals surface area contributed by atoms with Gasteiger partial charge in [-0.05, 0) is 31.2 Å². The van der Waals surface area contributed by atoms with E-state index in [9.17, 15) is 22.0 Å². The number of benzene rings is 1. The number of sulfone groups is 1. The van der Waals surface area contributed by atoms with Crippen LogP contribution in [0.2, 0.25) is 0 Å². The quantitative estimate of drug-likeness (QED) is 0.766. The van der Waals surface area contributed by atoms with Crippen molar-refractivity contribution in [2.45, 2.75) is 26.5 Å². The molecule has 0 saturated heterocycles. The molecule has 124 valence electrons. The number of alkyl halides is 2. The first-order chi connectivity index (χ1) is 10.2. The highest BCUT2D eigenvalue weighted by Crippen LogP contribution is 2.16. The molecule has 1 unspecified atom stereocenters. The molecule has 0 fully saturated rings. The van der Waals surface area contributed by atoms with E-state index in [-0.39, 0.29) is 28.7 Å². The molecule has 1 amide bonds. The van der Waals surface area contributed by atoms with Crippen molar-refractivity contribution in [2.24, 2.45) is 0 Å². The molecule has 1 aromatic rings. The van der Waals surface area contributed by atoms with Crippen LogP contribution in [0.15, 0.2) is 24.3 Å². The van der Waals surface area contributed by atoms with Crippen LogP contribution < -0.4 is 4.74 Å². The maximum absolute atomic E-state index is 12.2. The van der Waals surface area contributed by atoms with Gasteiger partial charge in [-0.1, -0.05) is 6.92 Å². The van der Waals surface area contributed by atoms with Crippen molar-refractivity contribution in [3.8, 4) is 5.75 Å². The van der Waals surface area contributed by atoms with Crippen LogP contribution in [-0.2, 0) is 9.84 Å². The third kappa shape index (κ3) is 5.25. The fraction of sp³-hybridized carbons (Fsp3) is 0.500. The van der Waals surface area contributed by atoms with Gasteiger partial charge in [0, 0.05) is 24.4 Å². The van der Waals surface area contributed by atoms with Gasteiger partial charge in [0.15, 0.2) is 9.84 Å². The zero-order valence-corrected chi connectivity index (χ0v) is 13.4. The number of halogens is 2. The molecule has 0 heterocycles. The van der Waals surface area contributed by atoms with E-state index in [1.165, 1.54) is 36.2 Å². The Morgan fingerprint density at radius 3 is 2.27 bits per heavy atom. The lowest BCUT2D eigenvalue weighted by Gasteiger charge is -2.24. The summed E-state index contributed by atoms with van der Waals surface area (Å²) in [6.07, 6.45) is 0. The average molecular weight is 335 g/mol. The predicted octanol–water partition coefficient (Wildman–Crippen LogP) is 2.18. The first kappa shape index (κ1) is 18.3. The molecule has 0 aromatic heterocycles. The lowest BCUT2D eigenvalue weighted by molar-refractivity contribution is -0.0498. The smallest absolute Gasteiger partial charge is 0.387 e. The molecule has 0 aliphatic heterocycles.